The number of thiophene rings is 1. The van der Waals surface area contributed by atoms with Gasteiger partial charge in [-0.15, -0.1) is 11.3 Å². The smallest absolute Gasteiger partial charge is 0.280 e. The summed E-state index contributed by atoms with van der Waals surface area (Å²) in [5.41, 5.74) is 0.528. The van der Waals surface area contributed by atoms with Crippen molar-refractivity contribution in [1.82, 2.24) is 0 Å². The van der Waals surface area contributed by atoms with E-state index < -0.39 is 0 Å². The second-order valence-electron chi connectivity index (χ2n) is 3.86. The molecule has 5 nitrogen and oxygen atoms in total. The average Bonchev–Trinajstić information content (AvgIpc) is 2.77. The molecule has 0 unspecified atom stereocenters. The molecule has 1 fully saturated rings. The lowest BCUT2D eigenvalue weighted by Crippen LogP contribution is -3.15. The fraction of sp³-hybridized carbons (Fsp3) is 0.455. The number of anilines is 1. The fourth-order valence-corrected chi connectivity index (χ4v) is 2.48. The highest BCUT2D eigenvalue weighted by atomic mass is 32.1. The van der Waals surface area contributed by atoms with Gasteiger partial charge in [-0.2, -0.15) is 5.26 Å². The molecule has 1 aliphatic heterocycles. The lowest BCUT2D eigenvalue weighted by Gasteiger charge is -2.22. The molecule has 1 aromatic rings. The number of morpholine rings is 1. The molecular weight excluding hydrogens is 238 g/mol. The van der Waals surface area contributed by atoms with E-state index in [4.69, 9.17) is 10.00 Å². The van der Waals surface area contributed by atoms with Gasteiger partial charge in [0.15, 0.2) is 6.54 Å². The SMILES string of the molecule is N#Cc1ccsc1NC(=O)C[NH+]1CCOCC1. The Kier molecular flexibility index (Phi) is 4.09. The van der Waals surface area contributed by atoms with Gasteiger partial charge in [-0.3, -0.25) is 4.79 Å². The van der Waals surface area contributed by atoms with E-state index >= 15 is 0 Å². The fourth-order valence-electron chi connectivity index (χ4n) is 1.73. The Morgan fingerprint density at radius 2 is 2.35 bits per heavy atom. The summed E-state index contributed by atoms with van der Waals surface area (Å²) in [7, 11) is 0. The van der Waals surface area contributed by atoms with E-state index in [2.05, 4.69) is 11.4 Å². The zero-order valence-electron chi connectivity index (χ0n) is 9.36. The Morgan fingerprint density at radius 1 is 1.59 bits per heavy atom. The number of rotatable bonds is 3. The monoisotopic (exact) mass is 252 g/mol. The third kappa shape index (κ3) is 3.27. The van der Waals surface area contributed by atoms with Crippen LogP contribution in [0.2, 0.25) is 0 Å². The number of hydrogen-bond donors (Lipinski definition) is 2. The molecule has 0 spiro atoms. The highest BCUT2D eigenvalue weighted by molar-refractivity contribution is 7.14. The second kappa shape index (κ2) is 5.77. The minimum Gasteiger partial charge on any atom is -0.370 e. The van der Waals surface area contributed by atoms with Crippen LogP contribution in [-0.4, -0.2) is 38.8 Å². The Morgan fingerprint density at radius 3 is 3.06 bits per heavy atom. The van der Waals surface area contributed by atoms with Gasteiger partial charge in [-0.05, 0) is 11.4 Å². The van der Waals surface area contributed by atoms with Crippen LogP contribution in [0.1, 0.15) is 5.56 Å². The van der Waals surface area contributed by atoms with Crippen LogP contribution in [0.15, 0.2) is 11.4 Å². The van der Waals surface area contributed by atoms with Crippen molar-refractivity contribution in [2.24, 2.45) is 0 Å². The summed E-state index contributed by atoms with van der Waals surface area (Å²) in [6, 6.07) is 3.76. The van der Waals surface area contributed by atoms with Gasteiger partial charge in [-0.25, -0.2) is 0 Å². The first kappa shape index (κ1) is 12.0. The summed E-state index contributed by atoms with van der Waals surface area (Å²) < 4.78 is 5.23. The van der Waals surface area contributed by atoms with Gasteiger partial charge in [0.05, 0.1) is 18.8 Å². The Bertz CT molecular complexity index is 432. The molecule has 0 atom stereocenters. The first-order chi connectivity index (χ1) is 8.29. The highest BCUT2D eigenvalue weighted by Gasteiger charge is 2.18. The zero-order chi connectivity index (χ0) is 12.1. The molecule has 0 saturated carbocycles. The van der Waals surface area contributed by atoms with Crippen molar-refractivity contribution in [1.29, 1.82) is 5.26 Å². The number of hydrogen-bond acceptors (Lipinski definition) is 4. The summed E-state index contributed by atoms with van der Waals surface area (Å²) >= 11 is 1.38. The van der Waals surface area contributed by atoms with Crippen molar-refractivity contribution in [3.8, 4) is 6.07 Å². The number of nitrogens with zero attached hydrogens (tertiary/aromatic N) is 1. The summed E-state index contributed by atoms with van der Waals surface area (Å²) in [4.78, 5) is 13.0. The van der Waals surface area contributed by atoms with E-state index in [1.54, 1.807) is 11.4 Å². The molecule has 2 N–H and O–H groups in total. The maximum atomic E-state index is 11.8. The molecule has 90 valence electrons. The third-order valence-electron chi connectivity index (χ3n) is 2.65. The Labute approximate surface area is 104 Å². The molecule has 1 aromatic heterocycles. The van der Waals surface area contributed by atoms with E-state index in [-0.39, 0.29) is 5.91 Å². The van der Waals surface area contributed by atoms with Crippen LogP contribution in [-0.2, 0) is 9.53 Å². The maximum absolute atomic E-state index is 11.8. The predicted molar refractivity (Wildman–Crippen MR) is 64.0 cm³/mol. The summed E-state index contributed by atoms with van der Waals surface area (Å²) in [6.45, 7) is 3.59. The lowest BCUT2D eigenvalue weighted by atomic mass is 10.3. The van der Waals surface area contributed by atoms with E-state index in [1.165, 1.54) is 16.2 Å². The lowest BCUT2D eigenvalue weighted by molar-refractivity contribution is -0.899. The number of ether oxygens (including phenoxy) is 1. The molecule has 0 radical (unpaired) electrons. The van der Waals surface area contributed by atoms with E-state index in [0.717, 1.165) is 13.1 Å². The first-order valence-corrected chi connectivity index (χ1v) is 6.36. The molecule has 17 heavy (non-hydrogen) atoms. The highest BCUT2D eigenvalue weighted by Crippen LogP contribution is 2.21. The van der Waals surface area contributed by atoms with Crippen molar-refractivity contribution in [3.05, 3.63) is 17.0 Å². The standard InChI is InChI=1S/C11H13N3O2S/c12-7-9-1-6-17-11(9)13-10(15)8-14-2-4-16-5-3-14/h1,6H,2-5,8H2,(H,13,15)/p+1. The van der Waals surface area contributed by atoms with Gasteiger partial charge < -0.3 is 15.0 Å². The van der Waals surface area contributed by atoms with Crippen LogP contribution in [0, 0.1) is 11.3 Å². The molecule has 0 aliphatic carbocycles. The van der Waals surface area contributed by atoms with E-state index in [9.17, 15) is 4.79 Å². The number of nitrogens with one attached hydrogen (secondary N) is 2. The molecule has 1 amide bonds. The second-order valence-corrected chi connectivity index (χ2v) is 4.78. The van der Waals surface area contributed by atoms with Gasteiger partial charge in [0.25, 0.3) is 5.91 Å². The quantitative estimate of drug-likeness (QED) is 0.760. The summed E-state index contributed by atoms with van der Waals surface area (Å²) in [5.74, 6) is -0.0409. The molecule has 1 aliphatic rings. The van der Waals surface area contributed by atoms with Gasteiger partial charge in [-0.1, -0.05) is 0 Å². The minimum absolute atomic E-state index is 0.0409. The maximum Gasteiger partial charge on any atom is 0.280 e. The van der Waals surface area contributed by atoms with Crippen LogP contribution in [0.3, 0.4) is 0 Å². The van der Waals surface area contributed by atoms with Crippen LogP contribution in [0.4, 0.5) is 5.00 Å². The summed E-state index contributed by atoms with van der Waals surface area (Å²) in [6.07, 6.45) is 0. The van der Waals surface area contributed by atoms with Crippen molar-refractivity contribution < 1.29 is 14.4 Å². The Hall–Kier alpha value is -1.42. The van der Waals surface area contributed by atoms with Gasteiger partial charge >= 0.3 is 0 Å². The topological polar surface area (TPSA) is 66.6 Å². The molecule has 0 aromatic carbocycles. The number of quaternary nitrogens is 1. The number of carbonyl (C=O) groups excluding carboxylic acids is 1. The van der Waals surface area contributed by atoms with Gasteiger partial charge in [0.2, 0.25) is 0 Å². The Balaban J connectivity index is 1.87. The molecule has 0 bridgehead atoms. The molecule has 2 rings (SSSR count). The normalized spacial score (nSPS) is 16.4. The van der Waals surface area contributed by atoms with Crippen molar-refractivity contribution in [2.45, 2.75) is 0 Å². The first-order valence-electron chi connectivity index (χ1n) is 5.48. The molecule has 2 heterocycles. The third-order valence-corrected chi connectivity index (χ3v) is 3.48. The zero-order valence-corrected chi connectivity index (χ0v) is 10.2. The van der Waals surface area contributed by atoms with Gasteiger partial charge in [0, 0.05) is 0 Å². The van der Waals surface area contributed by atoms with E-state index in [1.807, 2.05) is 0 Å². The number of amides is 1. The number of carbonyl (C=O) groups is 1. The predicted octanol–water partition coefficient (Wildman–Crippen LogP) is -0.527. The summed E-state index contributed by atoms with van der Waals surface area (Å²) in [5, 5.41) is 14.1. The van der Waals surface area contributed by atoms with Crippen LogP contribution >= 0.6 is 11.3 Å². The molecule has 1 saturated heterocycles. The van der Waals surface area contributed by atoms with Crippen LogP contribution in [0.25, 0.3) is 0 Å². The van der Waals surface area contributed by atoms with Crippen molar-refractivity contribution in [3.63, 3.8) is 0 Å². The molecule has 6 heteroatoms. The van der Waals surface area contributed by atoms with Crippen molar-refractivity contribution in [2.75, 3.05) is 38.2 Å². The van der Waals surface area contributed by atoms with E-state index in [0.29, 0.717) is 30.3 Å². The van der Waals surface area contributed by atoms with Crippen LogP contribution < -0.4 is 10.2 Å². The molecular formula is C11H14N3O2S+. The van der Waals surface area contributed by atoms with Gasteiger partial charge in [0.1, 0.15) is 24.2 Å². The van der Waals surface area contributed by atoms with Crippen LogP contribution in [0.5, 0.6) is 0 Å². The van der Waals surface area contributed by atoms with Crippen molar-refractivity contribution >= 4 is 22.2 Å². The number of nitriles is 1. The largest absolute Gasteiger partial charge is 0.370 e. The average molecular weight is 252 g/mol. The minimum atomic E-state index is -0.0409.